The molecule has 4 rings (SSSR count). The van der Waals surface area contributed by atoms with Gasteiger partial charge in [-0.05, 0) is 51.4 Å². The van der Waals surface area contributed by atoms with E-state index in [0.29, 0.717) is 12.0 Å². The zero-order valence-electron chi connectivity index (χ0n) is 13.0. The molecule has 1 N–H and O–H groups in total. The quantitative estimate of drug-likeness (QED) is 0.849. The molecular weight excluding hydrogens is 264 g/mol. The Labute approximate surface area is 126 Å². The fourth-order valence-corrected chi connectivity index (χ4v) is 5.00. The molecule has 0 bridgehead atoms. The first-order valence-corrected chi connectivity index (χ1v) is 8.74. The van der Waals surface area contributed by atoms with Crippen LogP contribution in [0.15, 0.2) is 0 Å². The monoisotopic (exact) mass is 290 g/mol. The molecule has 1 heterocycles. The van der Waals surface area contributed by atoms with Gasteiger partial charge in [-0.2, -0.15) is 0 Å². The Balaban J connectivity index is 1.74. The van der Waals surface area contributed by atoms with Gasteiger partial charge in [-0.25, -0.2) is 0 Å². The lowest BCUT2D eigenvalue weighted by atomic mass is 9.80. The summed E-state index contributed by atoms with van der Waals surface area (Å²) in [6.07, 6.45) is 10.5. The number of carbonyl (C=O) groups is 2. The summed E-state index contributed by atoms with van der Waals surface area (Å²) >= 11 is 0. The van der Waals surface area contributed by atoms with E-state index in [1.54, 1.807) is 0 Å². The van der Waals surface area contributed by atoms with Crippen LogP contribution in [-0.4, -0.2) is 33.8 Å². The minimum absolute atomic E-state index is 0.124. The smallest absolute Gasteiger partial charge is 0.249 e. The molecule has 0 radical (unpaired) electrons. The van der Waals surface area contributed by atoms with Gasteiger partial charge in [-0.15, -0.1) is 0 Å². The Kier molecular flexibility index (Phi) is 2.89. The third kappa shape index (κ3) is 1.80. The Hall–Kier alpha value is -1.06. The number of piperazine rings is 1. The van der Waals surface area contributed by atoms with Crippen LogP contribution in [0.3, 0.4) is 0 Å². The predicted molar refractivity (Wildman–Crippen MR) is 79.6 cm³/mol. The van der Waals surface area contributed by atoms with E-state index in [1.807, 2.05) is 6.92 Å². The molecule has 21 heavy (non-hydrogen) atoms. The van der Waals surface area contributed by atoms with Gasteiger partial charge in [0.05, 0.1) is 0 Å². The lowest BCUT2D eigenvalue weighted by Crippen LogP contribution is -2.76. The molecule has 4 aliphatic rings. The highest BCUT2D eigenvalue weighted by molar-refractivity contribution is 6.03. The first-order chi connectivity index (χ1) is 10.1. The van der Waals surface area contributed by atoms with Crippen molar-refractivity contribution in [2.75, 3.05) is 0 Å². The number of carbonyl (C=O) groups excluding carboxylic acids is 2. The minimum Gasteiger partial charge on any atom is -0.340 e. The molecule has 4 heteroatoms. The van der Waals surface area contributed by atoms with Gasteiger partial charge in [0.1, 0.15) is 11.1 Å². The highest BCUT2D eigenvalue weighted by atomic mass is 16.2. The average molecular weight is 290 g/mol. The summed E-state index contributed by atoms with van der Waals surface area (Å²) < 4.78 is 0. The van der Waals surface area contributed by atoms with Crippen LogP contribution in [0.2, 0.25) is 0 Å². The van der Waals surface area contributed by atoms with Crippen molar-refractivity contribution in [2.45, 2.75) is 88.3 Å². The van der Waals surface area contributed by atoms with Crippen molar-refractivity contribution in [1.82, 2.24) is 10.2 Å². The second-order valence-electron chi connectivity index (χ2n) is 7.78. The molecule has 3 saturated carbocycles. The summed E-state index contributed by atoms with van der Waals surface area (Å²) in [6.45, 7) is 2.03. The van der Waals surface area contributed by atoms with Crippen molar-refractivity contribution in [1.29, 1.82) is 0 Å². The van der Waals surface area contributed by atoms with E-state index in [9.17, 15) is 9.59 Å². The van der Waals surface area contributed by atoms with Gasteiger partial charge in [-0.3, -0.25) is 9.59 Å². The maximum atomic E-state index is 13.3. The Morgan fingerprint density at radius 2 is 1.62 bits per heavy atom. The van der Waals surface area contributed by atoms with Crippen LogP contribution in [-0.2, 0) is 9.59 Å². The molecule has 1 spiro atoms. The van der Waals surface area contributed by atoms with Crippen LogP contribution in [0.4, 0.5) is 0 Å². The molecule has 2 amide bonds. The van der Waals surface area contributed by atoms with Crippen molar-refractivity contribution >= 4 is 11.8 Å². The standard InChI is InChI=1S/C17H26N2O2/c1-16(12-8-9-12)14(20)18-17(10-4-5-11-17)15(21)19(16)13-6-2-3-7-13/h12-13H,2-11H2,1H3,(H,18,20). The van der Waals surface area contributed by atoms with E-state index in [1.165, 1.54) is 12.8 Å². The summed E-state index contributed by atoms with van der Waals surface area (Å²) in [5.74, 6) is 0.736. The highest BCUT2D eigenvalue weighted by Gasteiger charge is 2.63. The molecule has 0 aromatic rings. The van der Waals surface area contributed by atoms with Gasteiger partial charge in [-0.1, -0.05) is 25.7 Å². The second kappa shape index (κ2) is 4.47. The number of nitrogens with one attached hydrogen (secondary N) is 1. The normalized spacial score (nSPS) is 36.5. The zero-order chi connectivity index (χ0) is 14.7. The summed E-state index contributed by atoms with van der Waals surface area (Å²) in [5, 5.41) is 3.18. The number of amides is 2. The summed E-state index contributed by atoms with van der Waals surface area (Å²) in [7, 11) is 0. The van der Waals surface area contributed by atoms with Crippen molar-refractivity contribution in [3.8, 4) is 0 Å². The SMILES string of the molecule is CC1(C2CC2)C(=O)NC2(CCCC2)C(=O)N1C1CCCC1. The second-order valence-corrected chi connectivity index (χ2v) is 7.78. The van der Waals surface area contributed by atoms with E-state index in [-0.39, 0.29) is 11.8 Å². The molecule has 4 fully saturated rings. The van der Waals surface area contributed by atoms with Crippen LogP contribution in [0, 0.1) is 5.92 Å². The first kappa shape index (κ1) is 13.6. The van der Waals surface area contributed by atoms with Crippen molar-refractivity contribution < 1.29 is 9.59 Å². The van der Waals surface area contributed by atoms with Crippen LogP contribution < -0.4 is 5.32 Å². The van der Waals surface area contributed by atoms with Crippen LogP contribution in [0.1, 0.15) is 71.1 Å². The molecule has 0 aromatic heterocycles. The van der Waals surface area contributed by atoms with Gasteiger partial charge in [0, 0.05) is 6.04 Å². The predicted octanol–water partition coefficient (Wildman–Crippen LogP) is 2.37. The minimum atomic E-state index is -0.583. The first-order valence-electron chi connectivity index (χ1n) is 8.74. The van der Waals surface area contributed by atoms with E-state index in [4.69, 9.17) is 0 Å². The summed E-state index contributed by atoms with van der Waals surface area (Å²) in [5.41, 5.74) is -1.14. The number of rotatable bonds is 2. The van der Waals surface area contributed by atoms with Crippen molar-refractivity contribution in [3.63, 3.8) is 0 Å². The topological polar surface area (TPSA) is 49.4 Å². The molecular formula is C17H26N2O2. The Morgan fingerprint density at radius 1 is 1.00 bits per heavy atom. The zero-order valence-corrected chi connectivity index (χ0v) is 13.0. The van der Waals surface area contributed by atoms with Gasteiger partial charge >= 0.3 is 0 Å². The summed E-state index contributed by atoms with van der Waals surface area (Å²) in [4.78, 5) is 28.4. The number of nitrogens with zero attached hydrogens (tertiary/aromatic N) is 1. The number of hydrogen-bond donors (Lipinski definition) is 1. The molecule has 1 unspecified atom stereocenters. The maximum absolute atomic E-state index is 13.3. The largest absolute Gasteiger partial charge is 0.340 e. The van der Waals surface area contributed by atoms with Crippen LogP contribution in [0.5, 0.6) is 0 Å². The summed E-state index contributed by atoms with van der Waals surface area (Å²) in [6, 6.07) is 0.298. The molecule has 1 atom stereocenters. The Morgan fingerprint density at radius 3 is 2.19 bits per heavy atom. The lowest BCUT2D eigenvalue weighted by Gasteiger charge is -2.53. The molecule has 3 aliphatic carbocycles. The van der Waals surface area contributed by atoms with Gasteiger partial charge in [0.25, 0.3) is 0 Å². The van der Waals surface area contributed by atoms with E-state index < -0.39 is 11.1 Å². The molecule has 1 saturated heterocycles. The van der Waals surface area contributed by atoms with E-state index >= 15 is 0 Å². The van der Waals surface area contributed by atoms with Gasteiger partial charge < -0.3 is 10.2 Å². The van der Waals surface area contributed by atoms with E-state index in [2.05, 4.69) is 10.2 Å². The molecule has 4 nitrogen and oxygen atoms in total. The van der Waals surface area contributed by atoms with Crippen molar-refractivity contribution in [2.24, 2.45) is 5.92 Å². The Bertz CT molecular complexity index is 473. The highest BCUT2D eigenvalue weighted by Crippen LogP contribution is 2.50. The van der Waals surface area contributed by atoms with Gasteiger partial charge in [0.15, 0.2) is 0 Å². The lowest BCUT2D eigenvalue weighted by molar-refractivity contribution is -0.167. The molecule has 1 aliphatic heterocycles. The van der Waals surface area contributed by atoms with Gasteiger partial charge in [0.2, 0.25) is 11.8 Å². The fourth-order valence-electron chi connectivity index (χ4n) is 5.00. The molecule has 0 aromatic carbocycles. The maximum Gasteiger partial charge on any atom is 0.249 e. The third-order valence-electron chi connectivity index (χ3n) is 6.46. The fraction of sp³-hybridized carbons (Fsp3) is 0.882. The van der Waals surface area contributed by atoms with Crippen molar-refractivity contribution in [3.05, 3.63) is 0 Å². The average Bonchev–Trinajstić information content (AvgIpc) is 2.99. The molecule has 116 valence electrons. The third-order valence-corrected chi connectivity index (χ3v) is 6.46. The number of hydrogen-bond acceptors (Lipinski definition) is 2. The van der Waals surface area contributed by atoms with Crippen LogP contribution in [0.25, 0.3) is 0 Å². The van der Waals surface area contributed by atoms with Crippen LogP contribution >= 0.6 is 0 Å². The van der Waals surface area contributed by atoms with E-state index in [0.717, 1.165) is 51.4 Å².